The molecule has 0 fully saturated rings. The zero-order valence-corrected chi connectivity index (χ0v) is 18.9. The summed E-state index contributed by atoms with van der Waals surface area (Å²) in [4.78, 5) is 0. The predicted octanol–water partition coefficient (Wildman–Crippen LogP) is 8.66. The van der Waals surface area contributed by atoms with Gasteiger partial charge in [0.2, 0.25) is 0 Å². The summed E-state index contributed by atoms with van der Waals surface area (Å²) in [5, 5.41) is 0. The molecule has 0 aliphatic heterocycles. The van der Waals surface area contributed by atoms with Crippen LogP contribution in [-0.4, -0.2) is 0 Å². The van der Waals surface area contributed by atoms with Crippen LogP contribution in [0.25, 0.3) is 11.1 Å². The molecule has 0 saturated heterocycles. The van der Waals surface area contributed by atoms with E-state index in [4.69, 9.17) is 0 Å². The molecule has 2 aromatic rings. The summed E-state index contributed by atoms with van der Waals surface area (Å²) < 4.78 is 0. The third-order valence-electron chi connectivity index (χ3n) is 6.55. The Hall–Kier alpha value is -1.56. The van der Waals surface area contributed by atoms with Gasteiger partial charge in [0.05, 0.1) is 0 Å². The smallest absolute Gasteiger partial charge is 0.000695 e. The molecule has 0 bridgehead atoms. The normalized spacial score (nSPS) is 12.2. The molecule has 0 nitrogen and oxygen atoms in total. The van der Waals surface area contributed by atoms with E-state index in [1.54, 1.807) is 5.56 Å². The van der Waals surface area contributed by atoms with Crippen molar-refractivity contribution in [2.45, 2.75) is 110 Å². The second-order valence-corrected chi connectivity index (χ2v) is 8.93. The lowest BCUT2D eigenvalue weighted by atomic mass is 9.89. The molecular formula is C29H40. The molecule has 0 heteroatoms. The molecule has 0 aromatic heterocycles. The SMILES string of the molecule is CCCCCCCCc1[c][c]c2c(c1CCCCCCCC)-c1ccccc1C2. The molecule has 3 rings (SSSR count). The van der Waals surface area contributed by atoms with Crippen molar-refractivity contribution in [3.8, 4) is 11.1 Å². The average molecular weight is 389 g/mol. The Kier molecular flexibility index (Phi) is 9.32. The minimum atomic E-state index is 1.04. The molecule has 0 amide bonds. The van der Waals surface area contributed by atoms with Crippen LogP contribution in [0.4, 0.5) is 0 Å². The zero-order valence-electron chi connectivity index (χ0n) is 18.9. The van der Waals surface area contributed by atoms with E-state index in [0.29, 0.717) is 0 Å². The second kappa shape index (κ2) is 12.2. The first-order valence-corrected chi connectivity index (χ1v) is 12.4. The summed E-state index contributed by atoms with van der Waals surface area (Å²) in [5.41, 5.74) is 8.93. The van der Waals surface area contributed by atoms with Gasteiger partial charge in [-0.05, 0) is 77.6 Å². The molecular weight excluding hydrogens is 348 g/mol. The number of hydrogen-bond acceptors (Lipinski definition) is 0. The van der Waals surface area contributed by atoms with Gasteiger partial charge in [0.25, 0.3) is 0 Å². The number of hydrogen-bond donors (Lipinski definition) is 0. The maximum atomic E-state index is 3.61. The van der Waals surface area contributed by atoms with E-state index in [-0.39, 0.29) is 0 Å². The van der Waals surface area contributed by atoms with Crippen LogP contribution in [0.5, 0.6) is 0 Å². The average Bonchev–Trinajstić information content (AvgIpc) is 3.12. The van der Waals surface area contributed by atoms with E-state index in [0.717, 1.165) is 6.42 Å². The first-order chi connectivity index (χ1) is 14.3. The number of benzene rings is 2. The fourth-order valence-electron chi connectivity index (χ4n) is 4.84. The quantitative estimate of drug-likeness (QED) is 0.242. The standard InChI is InChI=1S/C29H40/c1-3-5-7-9-11-13-17-24-21-22-26-23-25-18-15-16-20-28(25)29(26)27(24)19-14-12-10-8-6-4-2/h15-16,18,20H,3-14,17,19,23H2,1-2H3. The third kappa shape index (κ3) is 6.21. The van der Waals surface area contributed by atoms with Crippen LogP contribution in [0.1, 0.15) is 113 Å². The molecule has 0 heterocycles. The molecule has 2 aromatic carbocycles. The fourth-order valence-corrected chi connectivity index (χ4v) is 4.84. The van der Waals surface area contributed by atoms with Crippen LogP contribution in [0, 0.1) is 12.1 Å². The lowest BCUT2D eigenvalue weighted by Gasteiger charge is -2.15. The highest BCUT2D eigenvalue weighted by Crippen LogP contribution is 2.40. The Labute approximate surface area is 180 Å². The van der Waals surface area contributed by atoms with Gasteiger partial charge in [0, 0.05) is 0 Å². The Morgan fingerprint density at radius 1 is 0.690 bits per heavy atom. The van der Waals surface area contributed by atoms with Crippen molar-refractivity contribution in [3.05, 3.63) is 58.7 Å². The van der Waals surface area contributed by atoms with E-state index in [9.17, 15) is 0 Å². The zero-order chi connectivity index (χ0) is 20.3. The van der Waals surface area contributed by atoms with Crippen molar-refractivity contribution in [3.63, 3.8) is 0 Å². The largest absolute Gasteiger partial charge is 0.0654 e. The maximum absolute atomic E-state index is 3.61. The first kappa shape index (κ1) is 22.1. The topological polar surface area (TPSA) is 0 Å². The molecule has 0 spiro atoms. The number of aryl methyl sites for hydroxylation is 1. The van der Waals surface area contributed by atoms with Crippen molar-refractivity contribution < 1.29 is 0 Å². The van der Waals surface area contributed by atoms with Gasteiger partial charge < -0.3 is 0 Å². The molecule has 2 radical (unpaired) electrons. The highest BCUT2D eigenvalue weighted by atomic mass is 14.3. The Morgan fingerprint density at radius 2 is 1.31 bits per heavy atom. The molecule has 0 atom stereocenters. The maximum Gasteiger partial charge on any atom is -0.000695 e. The second-order valence-electron chi connectivity index (χ2n) is 8.93. The lowest BCUT2D eigenvalue weighted by molar-refractivity contribution is 0.599. The minimum Gasteiger partial charge on any atom is -0.0654 e. The van der Waals surface area contributed by atoms with Gasteiger partial charge in [-0.1, -0.05) is 102 Å². The van der Waals surface area contributed by atoms with Gasteiger partial charge in [-0.25, -0.2) is 0 Å². The van der Waals surface area contributed by atoms with Crippen LogP contribution in [0.3, 0.4) is 0 Å². The Bertz CT molecular complexity index is 740. The first-order valence-electron chi connectivity index (χ1n) is 12.4. The van der Waals surface area contributed by atoms with Gasteiger partial charge in [-0.15, -0.1) is 0 Å². The molecule has 29 heavy (non-hydrogen) atoms. The minimum absolute atomic E-state index is 1.04. The highest BCUT2D eigenvalue weighted by molar-refractivity contribution is 5.80. The van der Waals surface area contributed by atoms with Crippen molar-refractivity contribution in [1.82, 2.24) is 0 Å². The number of unbranched alkanes of at least 4 members (excludes halogenated alkanes) is 10. The van der Waals surface area contributed by atoms with Gasteiger partial charge in [-0.2, -0.15) is 0 Å². The van der Waals surface area contributed by atoms with E-state index in [1.807, 2.05) is 0 Å². The summed E-state index contributed by atoms with van der Waals surface area (Å²) in [6.45, 7) is 4.59. The molecule has 1 aliphatic carbocycles. The van der Waals surface area contributed by atoms with Gasteiger partial charge in [-0.3, -0.25) is 0 Å². The Morgan fingerprint density at radius 3 is 2.03 bits per heavy atom. The summed E-state index contributed by atoms with van der Waals surface area (Å²) in [6.07, 6.45) is 19.8. The molecule has 0 unspecified atom stereocenters. The lowest BCUT2D eigenvalue weighted by Crippen LogP contribution is -2.00. The Balaban J connectivity index is 1.69. The van der Waals surface area contributed by atoms with Crippen molar-refractivity contribution in [1.29, 1.82) is 0 Å². The summed E-state index contributed by atoms with van der Waals surface area (Å²) in [6, 6.07) is 16.2. The highest BCUT2D eigenvalue weighted by Gasteiger charge is 2.23. The van der Waals surface area contributed by atoms with Crippen LogP contribution in [-0.2, 0) is 19.3 Å². The van der Waals surface area contributed by atoms with Crippen LogP contribution >= 0.6 is 0 Å². The van der Waals surface area contributed by atoms with Crippen LogP contribution in [0.15, 0.2) is 24.3 Å². The summed E-state index contributed by atoms with van der Waals surface area (Å²) in [5.74, 6) is 0. The van der Waals surface area contributed by atoms with Crippen molar-refractivity contribution in [2.24, 2.45) is 0 Å². The van der Waals surface area contributed by atoms with E-state index in [2.05, 4.69) is 50.2 Å². The van der Waals surface area contributed by atoms with Crippen molar-refractivity contribution in [2.75, 3.05) is 0 Å². The van der Waals surface area contributed by atoms with E-state index in [1.165, 1.54) is 118 Å². The predicted molar refractivity (Wildman–Crippen MR) is 127 cm³/mol. The van der Waals surface area contributed by atoms with Gasteiger partial charge >= 0.3 is 0 Å². The van der Waals surface area contributed by atoms with Gasteiger partial charge in [0.15, 0.2) is 0 Å². The summed E-state index contributed by atoms with van der Waals surface area (Å²) >= 11 is 0. The van der Waals surface area contributed by atoms with Crippen LogP contribution < -0.4 is 0 Å². The van der Waals surface area contributed by atoms with Crippen LogP contribution in [0.2, 0.25) is 0 Å². The molecule has 0 saturated carbocycles. The number of rotatable bonds is 14. The fraction of sp³-hybridized carbons (Fsp3) is 0.586. The van der Waals surface area contributed by atoms with Gasteiger partial charge in [0.1, 0.15) is 0 Å². The van der Waals surface area contributed by atoms with E-state index >= 15 is 0 Å². The van der Waals surface area contributed by atoms with Crippen molar-refractivity contribution >= 4 is 0 Å². The number of fused-ring (bicyclic) bond motifs is 3. The summed E-state index contributed by atoms with van der Waals surface area (Å²) in [7, 11) is 0. The molecule has 1 aliphatic rings. The third-order valence-corrected chi connectivity index (χ3v) is 6.55. The monoisotopic (exact) mass is 388 g/mol. The van der Waals surface area contributed by atoms with E-state index < -0.39 is 0 Å². The molecule has 156 valence electrons. The molecule has 0 N–H and O–H groups in total.